The maximum Gasteiger partial charge on any atom is 0.337 e. The first kappa shape index (κ1) is 19.8. The van der Waals surface area contributed by atoms with Crippen molar-refractivity contribution in [3.8, 4) is 5.69 Å². The minimum atomic E-state index is -0.960. The van der Waals surface area contributed by atoms with E-state index in [1.165, 1.54) is 21.5 Å². The first-order valence-corrected chi connectivity index (χ1v) is 9.71. The number of halogens is 2. The van der Waals surface area contributed by atoms with E-state index in [0.717, 1.165) is 18.6 Å². The fourth-order valence-electron chi connectivity index (χ4n) is 3.46. The topological polar surface area (TPSA) is 61.8 Å². The first-order chi connectivity index (χ1) is 14.5. The summed E-state index contributed by atoms with van der Waals surface area (Å²) in [5, 5.41) is 0. The molecule has 0 unspecified atom stereocenters. The number of para-hydroxylation sites is 1. The van der Waals surface area contributed by atoms with Crippen molar-refractivity contribution in [1.29, 1.82) is 0 Å². The summed E-state index contributed by atoms with van der Waals surface area (Å²) < 4.78 is 31.1. The third-order valence-corrected chi connectivity index (χ3v) is 4.99. The highest BCUT2D eigenvalue weighted by molar-refractivity contribution is 5.72. The van der Waals surface area contributed by atoms with E-state index in [2.05, 4.69) is 4.98 Å². The lowest BCUT2D eigenvalue weighted by atomic mass is 10.2. The van der Waals surface area contributed by atoms with Crippen LogP contribution >= 0.6 is 0 Å². The van der Waals surface area contributed by atoms with Crippen LogP contribution in [0.15, 0.2) is 64.4 Å². The molecule has 0 spiro atoms. The fourth-order valence-corrected chi connectivity index (χ4v) is 3.46. The average molecular weight is 410 g/mol. The standard InChI is InChI=1S/C22H20F2N4O2/c1-2-3-11-27-21(29)19-20(28(22(27)30)16-7-5-4-6-8-16)25-14-26(19)13-15-9-10-17(23)18(24)12-15/h4-10,12,14H,2-3,11,13H2,1H3. The SMILES string of the molecule is CCCCn1c(=O)c2c(ncn2Cc2ccc(F)c(F)c2)n(-c2ccccc2)c1=O. The summed E-state index contributed by atoms with van der Waals surface area (Å²) in [6.45, 7) is 2.38. The maximum atomic E-state index is 13.6. The van der Waals surface area contributed by atoms with Gasteiger partial charge in [0.25, 0.3) is 5.56 Å². The minimum absolute atomic E-state index is 0.115. The molecule has 0 amide bonds. The molecule has 4 aromatic rings. The Morgan fingerprint density at radius 2 is 1.77 bits per heavy atom. The van der Waals surface area contributed by atoms with Gasteiger partial charge in [-0.2, -0.15) is 0 Å². The summed E-state index contributed by atoms with van der Waals surface area (Å²) in [6.07, 6.45) is 2.94. The largest absolute Gasteiger partial charge is 0.337 e. The van der Waals surface area contributed by atoms with Crippen molar-refractivity contribution in [3.05, 3.63) is 92.9 Å². The van der Waals surface area contributed by atoms with Gasteiger partial charge in [-0.15, -0.1) is 0 Å². The highest BCUT2D eigenvalue weighted by Gasteiger charge is 2.19. The van der Waals surface area contributed by atoms with Crippen LogP contribution in [-0.4, -0.2) is 18.7 Å². The summed E-state index contributed by atoms with van der Waals surface area (Å²) in [5.41, 5.74) is 0.632. The van der Waals surface area contributed by atoms with E-state index < -0.39 is 22.9 Å². The maximum absolute atomic E-state index is 13.6. The van der Waals surface area contributed by atoms with Crippen molar-refractivity contribution in [2.24, 2.45) is 0 Å². The van der Waals surface area contributed by atoms with Crippen LogP contribution in [0.3, 0.4) is 0 Å². The van der Waals surface area contributed by atoms with Gasteiger partial charge < -0.3 is 4.57 Å². The number of hydrogen-bond acceptors (Lipinski definition) is 3. The highest BCUT2D eigenvalue weighted by Crippen LogP contribution is 2.16. The third-order valence-electron chi connectivity index (χ3n) is 4.99. The molecule has 4 rings (SSSR count). The van der Waals surface area contributed by atoms with E-state index in [0.29, 0.717) is 17.7 Å². The molecule has 0 atom stereocenters. The van der Waals surface area contributed by atoms with E-state index in [9.17, 15) is 18.4 Å². The van der Waals surface area contributed by atoms with Gasteiger partial charge in [0, 0.05) is 13.1 Å². The molecule has 2 aromatic carbocycles. The van der Waals surface area contributed by atoms with Crippen LogP contribution in [-0.2, 0) is 13.1 Å². The Labute approximate surface area is 170 Å². The molecule has 0 radical (unpaired) electrons. The summed E-state index contributed by atoms with van der Waals surface area (Å²) >= 11 is 0. The molecule has 6 nitrogen and oxygen atoms in total. The Morgan fingerprint density at radius 3 is 2.47 bits per heavy atom. The summed E-state index contributed by atoms with van der Waals surface area (Å²) in [4.78, 5) is 30.7. The van der Waals surface area contributed by atoms with Crippen LogP contribution in [0.25, 0.3) is 16.9 Å². The molecule has 0 bridgehead atoms. The van der Waals surface area contributed by atoms with Gasteiger partial charge in [0.2, 0.25) is 0 Å². The van der Waals surface area contributed by atoms with E-state index in [4.69, 9.17) is 0 Å². The zero-order valence-corrected chi connectivity index (χ0v) is 16.4. The van der Waals surface area contributed by atoms with Gasteiger partial charge in [-0.1, -0.05) is 37.6 Å². The average Bonchev–Trinajstić information content (AvgIpc) is 3.15. The Kier molecular flexibility index (Phi) is 5.31. The number of hydrogen-bond donors (Lipinski definition) is 0. The molecule has 0 fully saturated rings. The van der Waals surface area contributed by atoms with Gasteiger partial charge in [-0.25, -0.2) is 23.1 Å². The molecule has 0 aliphatic carbocycles. The second kappa shape index (κ2) is 8.06. The predicted octanol–water partition coefficient (Wildman–Crippen LogP) is 3.48. The van der Waals surface area contributed by atoms with Crippen molar-refractivity contribution in [3.63, 3.8) is 0 Å². The number of nitrogens with zero attached hydrogens (tertiary/aromatic N) is 4. The zero-order valence-electron chi connectivity index (χ0n) is 16.4. The third kappa shape index (κ3) is 3.45. The molecule has 0 aliphatic rings. The molecule has 2 aromatic heterocycles. The molecular weight excluding hydrogens is 390 g/mol. The van der Waals surface area contributed by atoms with Crippen molar-refractivity contribution < 1.29 is 8.78 Å². The van der Waals surface area contributed by atoms with Gasteiger partial charge in [0.05, 0.1) is 12.0 Å². The van der Waals surface area contributed by atoms with E-state index in [-0.39, 0.29) is 24.3 Å². The van der Waals surface area contributed by atoms with Crippen molar-refractivity contribution in [2.75, 3.05) is 0 Å². The quantitative estimate of drug-likeness (QED) is 0.489. The Morgan fingerprint density at radius 1 is 1.00 bits per heavy atom. The molecule has 0 saturated heterocycles. The van der Waals surface area contributed by atoms with Gasteiger partial charge in [0.15, 0.2) is 22.8 Å². The monoisotopic (exact) mass is 410 g/mol. The number of aromatic nitrogens is 4. The Balaban J connectivity index is 1.95. The summed E-state index contributed by atoms with van der Waals surface area (Å²) in [6, 6.07) is 12.6. The normalized spacial score (nSPS) is 11.3. The molecule has 0 saturated carbocycles. The lowest BCUT2D eigenvalue weighted by molar-refractivity contribution is 0.506. The second-order valence-corrected chi connectivity index (χ2v) is 7.06. The number of fused-ring (bicyclic) bond motifs is 1. The van der Waals surface area contributed by atoms with Gasteiger partial charge in [-0.05, 0) is 36.2 Å². The Bertz CT molecular complexity index is 1320. The molecule has 0 N–H and O–H groups in total. The molecule has 8 heteroatoms. The molecule has 30 heavy (non-hydrogen) atoms. The highest BCUT2D eigenvalue weighted by atomic mass is 19.2. The van der Waals surface area contributed by atoms with E-state index >= 15 is 0 Å². The van der Waals surface area contributed by atoms with Crippen molar-refractivity contribution in [1.82, 2.24) is 18.7 Å². The van der Waals surface area contributed by atoms with Crippen LogP contribution in [0.5, 0.6) is 0 Å². The Hall–Kier alpha value is -3.55. The number of imidazole rings is 1. The second-order valence-electron chi connectivity index (χ2n) is 7.06. The van der Waals surface area contributed by atoms with Crippen LogP contribution in [0, 0.1) is 11.6 Å². The van der Waals surface area contributed by atoms with Gasteiger partial charge >= 0.3 is 5.69 Å². The number of rotatable bonds is 6. The summed E-state index contributed by atoms with van der Waals surface area (Å²) in [5.74, 6) is -1.90. The lowest BCUT2D eigenvalue weighted by Crippen LogP contribution is -2.40. The molecule has 154 valence electrons. The van der Waals surface area contributed by atoms with Crippen LogP contribution in [0.4, 0.5) is 8.78 Å². The van der Waals surface area contributed by atoms with Crippen LogP contribution in [0.2, 0.25) is 0 Å². The van der Waals surface area contributed by atoms with Gasteiger partial charge in [-0.3, -0.25) is 9.36 Å². The van der Waals surface area contributed by atoms with Crippen molar-refractivity contribution >= 4 is 11.2 Å². The van der Waals surface area contributed by atoms with Crippen LogP contribution < -0.4 is 11.2 Å². The first-order valence-electron chi connectivity index (χ1n) is 9.71. The van der Waals surface area contributed by atoms with Crippen molar-refractivity contribution in [2.45, 2.75) is 32.9 Å². The summed E-state index contributed by atoms with van der Waals surface area (Å²) in [7, 11) is 0. The number of benzene rings is 2. The molecular formula is C22H20F2N4O2. The minimum Gasteiger partial charge on any atom is -0.320 e. The van der Waals surface area contributed by atoms with Gasteiger partial charge in [0.1, 0.15) is 0 Å². The lowest BCUT2D eigenvalue weighted by Gasteiger charge is -2.12. The smallest absolute Gasteiger partial charge is 0.320 e. The van der Waals surface area contributed by atoms with Crippen LogP contribution in [0.1, 0.15) is 25.3 Å². The fraction of sp³-hybridized carbons (Fsp3) is 0.227. The number of unbranched alkanes of at least 4 members (excludes halogenated alkanes) is 1. The van der Waals surface area contributed by atoms with E-state index in [1.807, 2.05) is 13.0 Å². The predicted molar refractivity (Wildman–Crippen MR) is 110 cm³/mol. The molecule has 2 heterocycles. The van der Waals surface area contributed by atoms with E-state index in [1.54, 1.807) is 28.8 Å². The molecule has 0 aliphatic heterocycles. The zero-order chi connectivity index (χ0) is 21.3.